The summed E-state index contributed by atoms with van der Waals surface area (Å²) in [7, 11) is 0. The average molecular weight is 379 g/mol. The smallest absolute Gasteiger partial charge is 0.387 e. The molecule has 1 saturated heterocycles. The number of oxime groups is 1. The van der Waals surface area contributed by atoms with Gasteiger partial charge in [0, 0.05) is 18.4 Å². The van der Waals surface area contributed by atoms with Crippen LogP contribution in [0.1, 0.15) is 18.4 Å². The molecule has 0 aliphatic carbocycles. The predicted molar refractivity (Wildman–Crippen MR) is 90.0 cm³/mol. The van der Waals surface area contributed by atoms with Crippen molar-refractivity contribution in [2.24, 2.45) is 5.16 Å². The van der Waals surface area contributed by atoms with E-state index in [0.29, 0.717) is 30.9 Å². The summed E-state index contributed by atoms with van der Waals surface area (Å²) in [5, 5.41) is 4.13. The molecule has 27 heavy (non-hydrogen) atoms. The van der Waals surface area contributed by atoms with Crippen LogP contribution in [0.15, 0.2) is 47.6 Å². The molecule has 2 aromatic rings. The van der Waals surface area contributed by atoms with Gasteiger partial charge >= 0.3 is 6.61 Å². The maximum Gasteiger partial charge on any atom is 0.387 e. The molecule has 0 radical (unpaired) electrons. The summed E-state index contributed by atoms with van der Waals surface area (Å²) in [4.78, 5) is 5.56. The van der Waals surface area contributed by atoms with E-state index < -0.39 is 18.0 Å². The molecule has 0 aromatic heterocycles. The molecule has 0 saturated carbocycles. The van der Waals surface area contributed by atoms with Crippen molar-refractivity contribution in [2.75, 3.05) is 13.2 Å². The number of rotatable bonds is 5. The Balaban J connectivity index is 1.61. The van der Waals surface area contributed by atoms with E-state index in [9.17, 15) is 13.2 Å². The SMILES string of the molecule is Fc1ccc(Oc2cc(C3=NOC4(CCOC4)C3)ccc2OC(F)F)cc1. The van der Waals surface area contributed by atoms with Gasteiger partial charge in [0.05, 0.1) is 18.9 Å². The first-order valence-electron chi connectivity index (χ1n) is 8.38. The van der Waals surface area contributed by atoms with Crippen LogP contribution < -0.4 is 9.47 Å². The quantitative estimate of drug-likeness (QED) is 0.767. The van der Waals surface area contributed by atoms with Crippen LogP contribution in [0.2, 0.25) is 0 Å². The van der Waals surface area contributed by atoms with Crippen molar-refractivity contribution in [3.05, 3.63) is 53.8 Å². The second-order valence-corrected chi connectivity index (χ2v) is 6.39. The van der Waals surface area contributed by atoms with Gasteiger partial charge in [-0.25, -0.2) is 4.39 Å². The van der Waals surface area contributed by atoms with Crippen LogP contribution in [0, 0.1) is 5.82 Å². The summed E-state index contributed by atoms with van der Waals surface area (Å²) < 4.78 is 54.0. The molecule has 142 valence electrons. The molecule has 0 amide bonds. The molecule has 1 fully saturated rings. The van der Waals surface area contributed by atoms with Crippen LogP contribution in [0.4, 0.5) is 13.2 Å². The zero-order valence-electron chi connectivity index (χ0n) is 14.2. The van der Waals surface area contributed by atoms with Gasteiger partial charge in [-0.2, -0.15) is 8.78 Å². The van der Waals surface area contributed by atoms with Crippen molar-refractivity contribution in [1.82, 2.24) is 0 Å². The molecule has 0 bridgehead atoms. The summed E-state index contributed by atoms with van der Waals surface area (Å²) in [5.74, 6) is -0.193. The molecule has 5 nitrogen and oxygen atoms in total. The van der Waals surface area contributed by atoms with Gasteiger partial charge in [-0.05, 0) is 42.5 Å². The van der Waals surface area contributed by atoms with Gasteiger partial charge in [-0.15, -0.1) is 0 Å². The monoisotopic (exact) mass is 379 g/mol. The second kappa shape index (κ2) is 7.11. The van der Waals surface area contributed by atoms with Gasteiger partial charge in [0.1, 0.15) is 11.6 Å². The largest absolute Gasteiger partial charge is 0.453 e. The van der Waals surface area contributed by atoms with E-state index in [1.54, 1.807) is 12.1 Å². The van der Waals surface area contributed by atoms with Crippen LogP contribution in [0.3, 0.4) is 0 Å². The van der Waals surface area contributed by atoms with E-state index in [1.165, 1.54) is 30.3 Å². The van der Waals surface area contributed by atoms with E-state index in [1.807, 2.05) is 0 Å². The highest BCUT2D eigenvalue weighted by molar-refractivity contribution is 6.02. The Labute approximate surface area is 153 Å². The third-order valence-corrected chi connectivity index (χ3v) is 4.44. The lowest BCUT2D eigenvalue weighted by Gasteiger charge is -2.17. The number of benzene rings is 2. The maximum atomic E-state index is 13.1. The molecule has 8 heteroatoms. The Bertz CT molecular complexity index is 849. The summed E-state index contributed by atoms with van der Waals surface area (Å²) in [6.07, 6.45) is 1.30. The van der Waals surface area contributed by atoms with Crippen molar-refractivity contribution in [3.63, 3.8) is 0 Å². The molecule has 0 N–H and O–H groups in total. The zero-order chi connectivity index (χ0) is 18.9. The molecule has 1 atom stereocenters. The molecule has 2 aliphatic rings. The van der Waals surface area contributed by atoms with E-state index in [0.717, 1.165) is 6.42 Å². The fourth-order valence-corrected chi connectivity index (χ4v) is 3.07. The van der Waals surface area contributed by atoms with Crippen LogP contribution in [0.5, 0.6) is 17.2 Å². The Morgan fingerprint density at radius 3 is 2.59 bits per heavy atom. The first-order valence-corrected chi connectivity index (χ1v) is 8.38. The number of halogens is 3. The standard InChI is InChI=1S/C19H16F3NO4/c20-13-2-4-14(5-3-13)25-17-9-12(1-6-16(17)26-18(21)22)15-10-19(27-23-15)7-8-24-11-19/h1-6,9,18H,7-8,10-11H2. The molecule has 1 unspecified atom stereocenters. The Morgan fingerprint density at radius 2 is 1.89 bits per heavy atom. The van der Waals surface area contributed by atoms with Crippen molar-refractivity contribution < 1.29 is 32.2 Å². The van der Waals surface area contributed by atoms with Crippen molar-refractivity contribution in [3.8, 4) is 17.2 Å². The summed E-state index contributed by atoms with van der Waals surface area (Å²) in [5.41, 5.74) is 0.886. The molecule has 2 heterocycles. The molecule has 4 rings (SSSR count). The average Bonchev–Trinajstić information content (AvgIpc) is 3.28. The highest BCUT2D eigenvalue weighted by atomic mass is 19.3. The van der Waals surface area contributed by atoms with E-state index in [4.69, 9.17) is 14.3 Å². The number of hydrogen-bond acceptors (Lipinski definition) is 5. The van der Waals surface area contributed by atoms with Crippen LogP contribution >= 0.6 is 0 Å². The number of alkyl halides is 2. The van der Waals surface area contributed by atoms with Crippen molar-refractivity contribution >= 4 is 5.71 Å². The Morgan fingerprint density at radius 1 is 1.07 bits per heavy atom. The molecular formula is C19H16F3NO4. The minimum Gasteiger partial charge on any atom is -0.453 e. The van der Waals surface area contributed by atoms with Gasteiger partial charge in [-0.1, -0.05) is 5.16 Å². The normalized spacial score (nSPS) is 21.4. The van der Waals surface area contributed by atoms with E-state index >= 15 is 0 Å². The first kappa shape index (κ1) is 17.7. The van der Waals surface area contributed by atoms with Gasteiger partial charge in [0.25, 0.3) is 0 Å². The highest BCUT2D eigenvalue weighted by Crippen LogP contribution is 2.38. The Kier molecular flexibility index (Phi) is 4.65. The lowest BCUT2D eigenvalue weighted by atomic mass is 9.93. The first-order chi connectivity index (χ1) is 13.0. The van der Waals surface area contributed by atoms with Gasteiger partial charge in [0.15, 0.2) is 17.1 Å². The fraction of sp³-hybridized carbons (Fsp3) is 0.316. The number of hydrogen-bond donors (Lipinski definition) is 0. The highest BCUT2D eigenvalue weighted by Gasteiger charge is 2.43. The van der Waals surface area contributed by atoms with Gasteiger partial charge < -0.3 is 19.0 Å². The van der Waals surface area contributed by atoms with Crippen LogP contribution in [0.25, 0.3) is 0 Å². The topological polar surface area (TPSA) is 49.3 Å². The van der Waals surface area contributed by atoms with Crippen LogP contribution in [-0.4, -0.2) is 31.1 Å². The lowest BCUT2D eigenvalue weighted by Crippen LogP contribution is -2.29. The number of nitrogens with zero attached hydrogens (tertiary/aromatic N) is 1. The van der Waals surface area contributed by atoms with Crippen molar-refractivity contribution in [1.29, 1.82) is 0 Å². The van der Waals surface area contributed by atoms with E-state index in [-0.39, 0.29) is 17.2 Å². The summed E-state index contributed by atoms with van der Waals surface area (Å²) >= 11 is 0. The van der Waals surface area contributed by atoms with Crippen LogP contribution in [-0.2, 0) is 9.57 Å². The van der Waals surface area contributed by atoms with Gasteiger partial charge in [-0.3, -0.25) is 0 Å². The fourth-order valence-electron chi connectivity index (χ4n) is 3.07. The summed E-state index contributed by atoms with van der Waals surface area (Å²) in [6.45, 7) is -1.92. The zero-order valence-corrected chi connectivity index (χ0v) is 14.2. The predicted octanol–water partition coefficient (Wildman–Crippen LogP) is 4.50. The number of ether oxygens (including phenoxy) is 3. The molecule has 2 aromatic carbocycles. The third-order valence-electron chi connectivity index (χ3n) is 4.44. The second-order valence-electron chi connectivity index (χ2n) is 6.39. The molecule has 2 aliphatic heterocycles. The summed E-state index contributed by atoms with van der Waals surface area (Å²) in [6, 6.07) is 9.78. The van der Waals surface area contributed by atoms with Gasteiger partial charge in [0.2, 0.25) is 0 Å². The maximum absolute atomic E-state index is 13.1. The Hall–Kier alpha value is -2.74. The third kappa shape index (κ3) is 3.85. The van der Waals surface area contributed by atoms with Crippen molar-refractivity contribution in [2.45, 2.75) is 25.1 Å². The molecule has 1 spiro atoms. The lowest BCUT2D eigenvalue weighted by molar-refractivity contribution is -0.0510. The minimum absolute atomic E-state index is 0.0748. The van der Waals surface area contributed by atoms with E-state index in [2.05, 4.69) is 9.89 Å². The minimum atomic E-state index is -3.00. The molecular weight excluding hydrogens is 363 g/mol.